The Kier molecular flexibility index (Phi) is 6.09. The van der Waals surface area contributed by atoms with Crippen LogP contribution in [0.15, 0.2) is 45.8 Å². The average molecular weight is 487 g/mol. The number of benzene rings is 2. The van der Waals surface area contributed by atoms with Gasteiger partial charge in [0.15, 0.2) is 0 Å². The third-order valence-electron chi connectivity index (χ3n) is 4.38. The Hall–Kier alpha value is -1.94. The van der Waals surface area contributed by atoms with Gasteiger partial charge in [0.25, 0.3) is 5.91 Å². The van der Waals surface area contributed by atoms with Crippen LogP contribution in [-0.4, -0.2) is 37.6 Å². The van der Waals surface area contributed by atoms with Crippen molar-refractivity contribution in [1.82, 2.24) is 4.31 Å². The number of hydrogen-bond acceptors (Lipinski definition) is 4. The topological polar surface area (TPSA) is 110 Å². The molecule has 0 saturated carbocycles. The summed E-state index contributed by atoms with van der Waals surface area (Å²) < 4.78 is 27.4. The van der Waals surface area contributed by atoms with Crippen molar-refractivity contribution in [3.63, 3.8) is 0 Å². The van der Waals surface area contributed by atoms with Crippen molar-refractivity contribution in [2.75, 3.05) is 18.4 Å². The lowest BCUT2D eigenvalue weighted by Crippen LogP contribution is -2.28. The number of anilines is 1. The Morgan fingerprint density at radius 1 is 1.07 bits per heavy atom. The number of carbonyl (C=O) groups excluding carboxylic acids is 2. The number of nitrogens with two attached hydrogens (primary N) is 1. The predicted octanol–water partition coefficient (Wildman–Crippen LogP) is 3.24. The number of hydrogen-bond donors (Lipinski definition) is 2. The van der Waals surface area contributed by atoms with Gasteiger partial charge in [-0.2, -0.15) is 4.31 Å². The lowest BCUT2D eigenvalue weighted by molar-refractivity contribution is 0.0998. The van der Waals surface area contributed by atoms with Gasteiger partial charge in [-0.1, -0.05) is 11.6 Å². The number of carbonyl (C=O) groups is 2. The first-order chi connectivity index (χ1) is 13.2. The van der Waals surface area contributed by atoms with Gasteiger partial charge in [-0.25, -0.2) is 8.42 Å². The molecule has 0 radical (unpaired) electrons. The van der Waals surface area contributed by atoms with Gasteiger partial charge in [0.05, 0.1) is 21.0 Å². The summed E-state index contributed by atoms with van der Waals surface area (Å²) >= 11 is 9.28. The summed E-state index contributed by atoms with van der Waals surface area (Å²) in [6, 6.07) is 8.63. The van der Waals surface area contributed by atoms with Crippen molar-refractivity contribution in [1.29, 1.82) is 0 Å². The van der Waals surface area contributed by atoms with E-state index in [2.05, 4.69) is 21.2 Å². The highest BCUT2D eigenvalue weighted by Crippen LogP contribution is 2.27. The quantitative estimate of drug-likeness (QED) is 0.676. The van der Waals surface area contributed by atoms with Crippen LogP contribution in [-0.2, 0) is 10.0 Å². The van der Waals surface area contributed by atoms with Crippen molar-refractivity contribution in [3.05, 3.63) is 57.0 Å². The van der Waals surface area contributed by atoms with Crippen molar-refractivity contribution in [2.45, 2.75) is 17.7 Å². The second kappa shape index (κ2) is 8.20. The zero-order valence-electron chi connectivity index (χ0n) is 14.6. The molecular weight excluding hydrogens is 470 g/mol. The van der Waals surface area contributed by atoms with Crippen LogP contribution in [0.5, 0.6) is 0 Å². The second-order valence-electron chi connectivity index (χ2n) is 6.27. The minimum atomic E-state index is -3.65. The van der Waals surface area contributed by atoms with Gasteiger partial charge < -0.3 is 11.1 Å². The molecule has 1 fully saturated rings. The van der Waals surface area contributed by atoms with E-state index in [4.69, 9.17) is 17.3 Å². The number of amides is 2. The van der Waals surface area contributed by atoms with E-state index < -0.39 is 21.8 Å². The lowest BCUT2D eigenvalue weighted by atomic mass is 10.1. The molecule has 3 rings (SSSR count). The van der Waals surface area contributed by atoms with E-state index in [9.17, 15) is 18.0 Å². The Balaban J connectivity index is 1.88. The summed E-state index contributed by atoms with van der Waals surface area (Å²) in [6.45, 7) is 0.954. The van der Waals surface area contributed by atoms with E-state index in [0.29, 0.717) is 23.2 Å². The van der Waals surface area contributed by atoms with Gasteiger partial charge in [0.1, 0.15) is 0 Å². The molecule has 1 aliphatic heterocycles. The molecule has 1 saturated heterocycles. The molecule has 0 atom stereocenters. The van der Waals surface area contributed by atoms with Crippen LogP contribution in [0.25, 0.3) is 0 Å². The molecule has 2 aromatic carbocycles. The minimum absolute atomic E-state index is 0.0601. The third kappa shape index (κ3) is 4.22. The molecular formula is C18H17BrClN3O4S. The van der Waals surface area contributed by atoms with Gasteiger partial charge in [-0.05, 0) is 65.2 Å². The Morgan fingerprint density at radius 2 is 1.75 bits per heavy atom. The fourth-order valence-electron chi connectivity index (χ4n) is 2.91. The summed E-state index contributed by atoms with van der Waals surface area (Å²) in [4.78, 5) is 24.0. The zero-order chi connectivity index (χ0) is 20.5. The number of rotatable bonds is 5. The number of nitrogens with zero attached hydrogens (tertiary/aromatic N) is 1. The standard InChI is InChI=1S/C18H17BrClN3O4S/c19-15-6-4-12(28(26,27)23-7-1-2-8-23)10-14(15)18(25)22-11-3-5-13(17(21)24)16(20)9-11/h3-6,9-10H,1-2,7-8H2,(H2,21,24)(H,22,25). The molecule has 10 heteroatoms. The highest BCUT2D eigenvalue weighted by atomic mass is 79.9. The van der Waals surface area contributed by atoms with Crippen LogP contribution in [0, 0.1) is 0 Å². The van der Waals surface area contributed by atoms with Crippen molar-refractivity contribution in [2.24, 2.45) is 5.73 Å². The molecule has 0 unspecified atom stereocenters. The van der Waals surface area contributed by atoms with E-state index in [0.717, 1.165) is 12.8 Å². The molecule has 7 nitrogen and oxygen atoms in total. The van der Waals surface area contributed by atoms with E-state index in [1.54, 1.807) is 0 Å². The van der Waals surface area contributed by atoms with E-state index >= 15 is 0 Å². The number of nitrogens with one attached hydrogen (secondary N) is 1. The fraction of sp³-hybridized carbons (Fsp3) is 0.222. The summed E-state index contributed by atoms with van der Waals surface area (Å²) in [5.74, 6) is -1.20. The van der Waals surface area contributed by atoms with Crippen LogP contribution in [0.2, 0.25) is 5.02 Å². The maximum Gasteiger partial charge on any atom is 0.256 e. The normalized spacial score (nSPS) is 14.8. The zero-order valence-corrected chi connectivity index (χ0v) is 17.8. The highest BCUT2D eigenvalue weighted by molar-refractivity contribution is 9.10. The van der Waals surface area contributed by atoms with Gasteiger partial charge in [-0.3, -0.25) is 9.59 Å². The van der Waals surface area contributed by atoms with Crippen LogP contribution < -0.4 is 11.1 Å². The minimum Gasteiger partial charge on any atom is -0.366 e. The molecule has 0 bridgehead atoms. The van der Waals surface area contributed by atoms with Crippen LogP contribution >= 0.6 is 27.5 Å². The third-order valence-corrected chi connectivity index (χ3v) is 7.28. The van der Waals surface area contributed by atoms with Gasteiger partial charge in [0.2, 0.25) is 15.9 Å². The molecule has 3 N–H and O–H groups in total. The SMILES string of the molecule is NC(=O)c1ccc(NC(=O)c2cc(S(=O)(=O)N3CCCC3)ccc2Br)cc1Cl. The molecule has 148 valence electrons. The van der Waals surface area contributed by atoms with E-state index in [1.807, 2.05) is 0 Å². The second-order valence-corrected chi connectivity index (χ2v) is 9.47. The predicted molar refractivity (Wildman–Crippen MR) is 110 cm³/mol. The molecule has 1 heterocycles. The Labute approximate surface area is 176 Å². The Morgan fingerprint density at radius 3 is 2.36 bits per heavy atom. The van der Waals surface area contributed by atoms with Crippen LogP contribution in [0.1, 0.15) is 33.6 Å². The number of primary amides is 1. The lowest BCUT2D eigenvalue weighted by Gasteiger charge is -2.16. The average Bonchev–Trinajstić information content (AvgIpc) is 3.17. The first kappa shape index (κ1) is 20.8. The van der Waals surface area contributed by atoms with Crippen LogP contribution in [0.3, 0.4) is 0 Å². The maximum atomic E-state index is 12.7. The first-order valence-electron chi connectivity index (χ1n) is 8.40. The molecule has 0 aromatic heterocycles. The summed E-state index contributed by atoms with van der Waals surface area (Å²) in [6.07, 6.45) is 1.65. The monoisotopic (exact) mass is 485 g/mol. The van der Waals surface area contributed by atoms with E-state index in [-0.39, 0.29) is 21.0 Å². The van der Waals surface area contributed by atoms with Crippen LogP contribution in [0.4, 0.5) is 5.69 Å². The first-order valence-corrected chi connectivity index (χ1v) is 11.0. The van der Waals surface area contributed by atoms with Crippen molar-refractivity contribution in [3.8, 4) is 0 Å². The van der Waals surface area contributed by atoms with Gasteiger partial charge >= 0.3 is 0 Å². The summed E-state index contributed by atoms with van der Waals surface area (Å²) in [5.41, 5.74) is 5.86. The molecule has 0 aliphatic carbocycles. The molecule has 2 aromatic rings. The van der Waals surface area contributed by atoms with Crippen molar-refractivity contribution < 1.29 is 18.0 Å². The molecule has 2 amide bonds. The number of sulfonamides is 1. The largest absolute Gasteiger partial charge is 0.366 e. The summed E-state index contributed by atoms with van der Waals surface area (Å²) in [7, 11) is -3.65. The molecule has 1 aliphatic rings. The molecule has 0 spiro atoms. The highest BCUT2D eigenvalue weighted by Gasteiger charge is 2.28. The fourth-order valence-corrected chi connectivity index (χ4v) is 5.15. The van der Waals surface area contributed by atoms with Crippen molar-refractivity contribution >= 4 is 55.1 Å². The Bertz CT molecular complexity index is 1050. The summed E-state index contributed by atoms with van der Waals surface area (Å²) in [5, 5.41) is 2.75. The molecule has 28 heavy (non-hydrogen) atoms. The van der Waals surface area contributed by atoms with Gasteiger partial charge in [0, 0.05) is 23.2 Å². The van der Waals surface area contributed by atoms with E-state index in [1.165, 1.54) is 40.7 Å². The number of halogens is 2. The van der Waals surface area contributed by atoms with Gasteiger partial charge in [-0.15, -0.1) is 0 Å². The maximum absolute atomic E-state index is 12.7. The smallest absolute Gasteiger partial charge is 0.256 e.